The van der Waals surface area contributed by atoms with E-state index in [-0.39, 0.29) is 0 Å². The van der Waals surface area contributed by atoms with Gasteiger partial charge in [-0.2, -0.15) is 0 Å². The molecule has 0 radical (unpaired) electrons. The first-order valence-corrected chi connectivity index (χ1v) is 7.38. The standard InChI is InChI=1S/C15H15N3S/c1-19-14-7-5-12(6-8-14)16-10-13-11-18-9-3-2-4-15(18)17-13/h2-9,11,16H,10H2,1H3. The minimum Gasteiger partial charge on any atom is -0.379 e. The lowest BCUT2D eigenvalue weighted by Crippen LogP contribution is -1.99. The second-order valence-corrected chi connectivity index (χ2v) is 5.16. The summed E-state index contributed by atoms with van der Waals surface area (Å²) in [7, 11) is 0. The highest BCUT2D eigenvalue weighted by atomic mass is 32.2. The molecule has 19 heavy (non-hydrogen) atoms. The maximum Gasteiger partial charge on any atom is 0.137 e. The van der Waals surface area contributed by atoms with Gasteiger partial charge in [-0.1, -0.05) is 6.07 Å². The Bertz CT molecular complexity index is 640. The van der Waals surface area contributed by atoms with Crippen molar-refractivity contribution in [3.8, 4) is 0 Å². The summed E-state index contributed by atoms with van der Waals surface area (Å²) in [6, 6.07) is 14.5. The number of benzene rings is 1. The summed E-state index contributed by atoms with van der Waals surface area (Å²) in [4.78, 5) is 5.83. The van der Waals surface area contributed by atoms with Crippen LogP contribution in [0.15, 0.2) is 59.8 Å². The fourth-order valence-corrected chi connectivity index (χ4v) is 2.38. The van der Waals surface area contributed by atoms with Gasteiger partial charge in [0.15, 0.2) is 0 Å². The maximum atomic E-state index is 4.56. The molecule has 1 aromatic carbocycles. The molecule has 0 saturated heterocycles. The third-order valence-corrected chi connectivity index (χ3v) is 3.72. The fourth-order valence-electron chi connectivity index (χ4n) is 1.97. The monoisotopic (exact) mass is 269 g/mol. The molecule has 0 fully saturated rings. The number of nitrogens with zero attached hydrogens (tertiary/aromatic N) is 2. The molecule has 4 heteroatoms. The molecule has 0 aliphatic carbocycles. The quantitative estimate of drug-likeness (QED) is 0.733. The number of nitrogens with one attached hydrogen (secondary N) is 1. The Morgan fingerprint density at radius 3 is 2.74 bits per heavy atom. The Labute approximate surface area is 116 Å². The second kappa shape index (κ2) is 5.36. The summed E-state index contributed by atoms with van der Waals surface area (Å²) in [5, 5.41) is 3.39. The number of rotatable bonds is 4. The number of hydrogen-bond acceptors (Lipinski definition) is 3. The van der Waals surface area contributed by atoms with Crippen LogP contribution in [0.5, 0.6) is 0 Å². The SMILES string of the molecule is CSc1ccc(NCc2cn3ccccc3n2)cc1. The smallest absolute Gasteiger partial charge is 0.137 e. The van der Waals surface area contributed by atoms with Crippen molar-refractivity contribution < 1.29 is 0 Å². The van der Waals surface area contributed by atoms with Crippen LogP contribution in [0.4, 0.5) is 5.69 Å². The first kappa shape index (κ1) is 12.1. The number of anilines is 1. The van der Waals surface area contributed by atoms with E-state index >= 15 is 0 Å². The number of pyridine rings is 1. The summed E-state index contributed by atoms with van der Waals surface area (Å²) in [6.45, 7) is 0.736. The summed E-state index contributed by atoms with van der Waals surface area (Å²) >= 11 is 1.75. The first-order valence-electron chi connectivity index (χ1n) is 6.16. The van der Waals surface area contributed by atoms with Crippen molar-refractivity contribution in [2.75, 3.05) is 11.6 Å². The maximum absolute atomic E-state index is 4.56. The van der Waals surface area contributed by atoms with E-state index in [1.165, 1.54) is 4.90 Å². The van der Waals surface area contributed by atoms with Crippen molar-refractivity contribution in [3.63, 3.8) is 0 Å². The molecule has 3 aromatic rings. The molecular weight excluding hydrogens is 254 g/mol. The largest absolute Gasteiger partial charge is 0.379 e. The van der Waals surface area contributed by atoms with Crippen molar-refractivity contribution in [2.24, 2.45) is 0 Å². The number of hydrogen-bond donors (Lipinski definition) is 1. The Kier molecular flexibility index (Phi) is 3.42. The number of aromatic nitrogens is 2. The predicted molar refractivity (Wildman–Crippen MR) is 80.7 cm³/mol. The van der Waals surface area contributed by atoms with Crippen molar-refractivity contribution in [1.29, 1.82) is 0 Å². The molecule has 0 unspecified atom stereocenters. The van der Waals surface area contributed by atoms with Gasteiger partial charge in [0.1, 0.15) is 5.65 Å². The van der Waals surface area contributed by atoms with Crippen molar-refractivity contribution in [3.05, 3.63) is 60.6 Å². The lowest BCUT2D eigenvalue weighted by Gasteiger charge is -2.04. The Morgan fingerprint density at radius 1 is 1.16 bits per heavy atom. The molecule has 0 aliphatic heterocycles. The van der Waals surface area contributed by atoms with Crippen LogP contribution in [-0.4, -0.2) is 15.6 Å². The number of imidazole rings is 1. The molecule has 0 amide bonds. The van der Waals surface area contributed by atoms with Crippen LogP contribution in [-0.2, 0) is 6.54 Å². The second-order valence-electron chi connectivity index (χ2n) is 4.28. The van der Waals surface area contributed by atoms with E-state index in [4.69, 9.17) is 0 Å². The van der Waals surface area contributed by atoms with Crippen LogP contribution in [0.1, 0.15) is 5.69 Å². The molecule has 0 aliphatic rings. The summed E-state index contributed by atoms with van der Waals surface area (Å²) in [5.41, 5.74) is 3.15. The zero-order valence-corrected chi connectivity index (χ0v) is 11.5. The summed E-state index contributed by atoms with van der Waals surface area (Å²) in [6.07, 6.45) is 6.15. The van der Waals surface area contributed by atoms with Crippen LogP contribution in [0.25, 0.3) is 5.65 Å². The van der Waals surface area contributed by atoms with Crippen LogP contribution in [0.3, 0.4) is 0 Å². The first-order chi connectivity index (χ1) is 9.35. The van der Waals surface area contributed by atoms with Gasteiger partial charge in [-0.3, -0.25) is 0 Å². The molecule has 3 rings (SSSR count). The summed E-state index contributed by atoms with van der Waals surface area (Å²) in [5.74, 6) is 0. The van der Waals surface area contributed by atoms with Gasteiger partial charge in [0, 0.05) is 23.0 Å². The van der Waals surface area contributed by atoms with Gasteiger partial charge in [-0.25, -0.2) is 4.98 Å². The molecule has 1 N–H and O–H groups in total. The molecule has 3 nitrogen and oxygen atoms in total. The van der Waals surface area contributed by atoms with Crippen LogP contribution < -0.4 is 5.32 Å². The van der Waals surface area contributed by atoms with E-state index in [1.54, 1.807) is 11.8 Å². The van der Waals surface area contributed by atoms with Gasteiger partial charge in [0.05, 0.1) is 12.2 Å². The van der Waals surface area contributed by atoms with E-state index < -0.39 is 0 Å². The van der Waals surface area contributed by atoms with Crippen LogP contribution >= 0.6 is 11.8 Å². The lowest BCUT2D eigenvalue weighted by atomic mass is 10.3. The molecule has 0 bridgehead atoms. The van der Waals surface area contributed by atoms with Crippen LogP contribution in [0, 0.1) is 0 Å². The highest BCUT2D eigenvalue weighted by Gasteiger charge is 2.00. The van der Waals surface area contributed by atoms with Gasteiger partial charge >= 0.3 is 0 Å². The Morgan fingerprint density at radius 2 is 2.00 bits per heavy atom. The summed E-state index contributed by atoms with van der Waals surface area (Å²) < 4.78 is 2.04. The van der Waals surface area contributed by atoms with Gasteiger partial charge in [-0.05, 0) is 42.7 Å². The van der Waals surface area contributed by atoms with E-state index in [1.807, 2.05) is 28.8 Å². The van der Waals surface area contributed by atoms with Crippen molar-refractivity contribution in [2.45, 2.75) is 11.4 Å². The topological polar surface area (TPSA) is 29.3 Å². The fraction of sp³-hybridized carbons (Fsp3) is 0.133. The molecular formula is C15H15N3S. The van der Waals surface area contributed by atoms with Crippen molar-refractivity contribution >= 4 is 23.1 Å². The normalized spacial score (nSPS) is 10.8. The number of fused-ring (bicyclic) bond motifs is 1. The Balaban J connectivity index is 1.70. The van der Waals surface area contributed by atoms with Gasteiger partial charge in [0.25, 0.3) is 0 Å². The minimum atomic E-state index is 0.736. The molecule has 2 aromatic heterocycles. The van der Waals surface area contributed by atoms with Gasteiger partial charge < -0.3 is 9.72 Å². The highest BCUT2D eigenvalue weighted by Crippen LogP contribution is 2.18. The van der Waals surface area contributed by atoms with Crippen molar-refractivity contribution in [1.82, 2.24) is 9.38 Å². The van der Waals surface area contributed by atoms with E-state index in [0.29, 0.717) is 0 Å². The lowest BCUT2D eigenvalue weighted by molar-refractivity contribution is 1.08. The average molecular weight is 269 g/mol. The van der Waals surface area contributed by atoms with E-state index in [2.05, 4.69) is 47.0 Å². The molecule has 0 spiro atoms. The zero-order valence-electron chi connectivity index (χ0n) is 10.7. The third-order valence-electron chi connectivity index (χ3n) is 2.98. The Hall–Kier alpha value is -1.94. The predicted octanol–water partition coefficient (Wildman–Crippen LogP) is 3.67. The third kappa shape index (κ3) is 2.74. The average Bonchev–Trinajstić information content (AvgIpc) is 2.88. The van der Waals surface area contributed by atoms with Gasteiger partial charge in [0.2, 0.25) is 0 Å². The minimum absolute atomic E-state index is 0.736. The van der Waals surface area contributed by atoms with Crippen LogP contribution in [0.2, 0.25) is 0 Å². The van der Waals surface area contributed by atoms with Gasteiger partial charge in [-0.15, -0.1) is 11.8 Å². The molecule has 2 heterocycles. The zero-order chi connectivity index (χ0) is 13.1. The molecule has 0 atom stereocenters. The number of thioether (sulfide) groups is 1. The highest BCUT2D eigenvalue weighted by molar-refractivity contribution is 7.98. The molecule has 0 saturated carbocycles. The molecule has 96 valence electrons. The van der Waals surface area contributed by atoms with E-state index in [9.17, 15) is 0 Å². The van der Waals surface area contributed by atoms with E-state index in [0.717, 1.165) is 23.6 Å².